The first-order valence-electron chi connectivity index (χ1n) is 10.3. The number of hydrogen-bond donors (Lipinski definition) is 1. The van der Waals surface area contributed by atoms with Crippen LogP contribution >= 0.6 is 11.3 Å². The number of carbonyl (C=O) groups is 1. The number of aryl methyl sites for hydroxylation is 3. The molecule has 4 aromatic rings. The Bertz CT molecular complexity index is 1240. The van der Waals surface area contributed by atoms with E-state index in [1.54, 1.807) is 6.33 Å². The van der Waals surface area contributed by atoms with Crippen molar-refractivity contribution in [1.82, 2.24) is 14.9 Å². The fraction of sp³-hybridized carbons (Fsp3) is 0.240. The van der Waals surface area contributed by atoms with Gasteiger partial charge in [-0.1, -0.05) is 60.7 Å². The van der Waals surface area contributed by atoms with Crippen molar-refractivity contribution in [3.8, 4) is 0 Å². The van der Waals surface area contributed by atoms with Crippen molar-refractivity contribution in [2.75, 3.05) is 0 Å². The van der Waals surface area contributed by atoms with Crippen LogP contribution in [0.5, 0.6) is 0 Å². The van der Waals surface area contributed by atoms with E-state index in [4.69, 9.17) is 0 Å². The quantitative estimate of drug-likeness (QED) is 0.487. The smallest absolute Gasteiger partial charge is 0.262 e. The number of nitrogens with zero attached hydrogens (tertiary/aromatic N) is 2. The molecule has 4 rings (SSSR count). The van der Waals surface area contributed by atoms with Crippen LogP contribution in [0.3, 0.4) is 0 Å². The Kier molecular flexibility index (Phi) is 5.74. The summed E-state index contributed by atoms with van der Waals surface area (Å²) >= 11 is 1.53. The minimum atomic E-state index is -0.673. The molecule has 0 bridgehead atoms. The molecule has 1 N–H and O–H groups in total. The number of carbonyl (C=O) groups excluding carboxylic acids is 1. The summed E-state index contributed by atoms with van der Waals surface area (Å²) in [7, 11) is 0. The first-order chi connectivity index (χ1) is 14.9. The highest BCUT2D eigenvalue weighted by Gasteiger charge is 2.30. The lowest BCUT2D eigenvalue weighted by atomic mass is 9.84. The zero-order chi connectivity index (χ0) is 22.0. The molecule has 158 valence electrons. The van der Waals surface area contributed by atoms with Crippen molar-refractivity contribution >= 4 is 27.5 Å². The molecule has 0 aliphatic rings. The molecule has 0 fully saturated rings. The molecule has 31 heavy (non-hydrogen) atoms. The van der Waals surface area contributed by atoms with Gasteiger partial charge in [0.05, 0.1) is 17.3 Å². The van der Waals surface area contributed by atoms with Crippen LogP contribution in [-0.2, 0) is 16.9 Å². The Balaban J connectivity index is 1.57. The third-order valence-electron chi connectivity index (χ3n) is 5.83. The van der Waals surface area contributed by atoms with E-state index in [0.29, 0.717) is 5.39 Å². The fourth-order valence-corrected chi connectivity index (χ4v) is 4.83. The number of hydrogen-bond acceptors (Lipinski definition) is 4. The third kappa shape index (κ3) is 4.03. The maximum Gasteiger partial charge on any atom is 0.262 e. The summed E-state index contributed by atoms with van der Waals surface area (Å²) in [6.07, 6.45) is 1.73. The van der Waals surface area contributed by atoms with Gasteiger partial charge in [0.15, 0.2) is 0 Å². The second-order valence-corrected chi connectivity index (χ2v) is 9.06. The van der Waals surface area contributed by atoms with E-state index in [9.17, 15) is 9.59 Å². The van der Waals surface area contributed by atoms with Gasteiger partial charge in [0.25, 0.3) is 5.56 Å². The highest BCUT2D eigenvalue weighted by molar-refractivity contribution is 7.18. The molecule has 5 nitrogen and oxygen atoms in total. The van der Waals surface area contributed by atoms with Gasteiger partial charge >= 0.3 is 0 Å². The van der Waals surface area contributed by atoms with Crippen LogP contribution in [0.4, 0.5) is 0 Å². The molecule has 1 amide bonds. The van der Waals surface area contributed by atoms with Gasteiger partial charge < -0.3 is 5.32 Å². The van der Waals surface area contributed by atoms with E-state index in [1.165, 1.54) is 15.9 Å². The van der Waals surface area contributed by atoms with Crippen LogP contribution in [0.15, 0.2) is 71.8 Å². The van der Waals surface area contributed by atoms with Crippen molar-refractivity contribution in [1.29, 1.82) is 0 Å². The number of benzene rings is 2. The van der Waals surface area contributed by atoms with Crippen LogP contribution < -0.4 is 10.9 Å². The van der Waals surface area contributed by atoms with Gasteiger partial charge in [-0.05, 0) is 37.5 Å². The molecule has 2 aromatic carbocycles. The van der Waals surface area contributed by atoms with Crippen molar-refractivity contribution in [3.05, 3.63) is 98.9 Å². The van der Waals surface area contributed by atoms with E-state index in [1.807, 2.05) is 81.4 Å². The Morgan fingerprint density at radius 2 is 1.61 bits per heavy atom. The van der Waals surface area contributed by atoms with Crippen molar-refractivity contribution in [2.24, 2.45) is 0 Å². The summed E-state index contributed by atoms with van der Waals surface area (Å²) in [5.74, 6) is -0.125. The standard InChI is InChI=1S/C25H25N3O2S/c1-17-18(2)31-23-22(17)24(30)28(16-26-23)15-14-21(29)27-25(3,19-10-6-4-7-11-19)20-12-8-5-9-13-20/h4-13,16H,14-15H2,1-3H3,(H,27,29). The van der Waals surface area contributed by atoms with Gasteiger partial charge in [-0.2, -0.15) is 0 Å². The summed E-state index contributed by atoms with van der Waals surface area (Å²) < 4.78 is 1.53. The Morgan fingerprint density at radius 3 is 2.19 bits per heavy atom. The molecule has 6 heteroatoms. The molecule has 0 aliphatic carbocycles. The predicted molar refractivity (Wildman–Crippen MR) is 125 cm³/mol. The van der Waals surface area contributed by atoms with E-state index < -0.39 is 5.54 Å². The van der Waals surface area contributed by atoms with E-state index in [2.05, 4.69) is 10.3 Å². The van der Waals surface area contributed by atoms with E-state index in [0.717, 1.165) is 26.4 Å². The van der Waals surface area contributed by atoms with Crippen LogP contribution in [0, 0.1) is 13.8 Å². The average Bonchev–Trinajstić information content (AvgIpc) is 3.08. The van der Waals surface area contributed by atoms with Crippen LogP contribution in [0.2, 0.25) is 0 Å². The summed E-state index contributed by atoms with van der Waals surface area (Å²) in [5, 5.41) is 3.85. The number of amides is 1. The van der Waals surface area contributed by atoms with Gasteiger partial charge in [0.2, 0.25) is 5.91 Å². The molecule has 2 heterocycles. The minimum absolute atomic E-state index is 0.0893. The van der Waals surface area contributed by atoms with Crippen LogP contribution in [0.1, 0.15) is 34.9 Å². The monoisotopic (exact) mass is 431 g/mol. The normalized spacial score (nSPS) is 11.6. The highest BCUT2D eigenvalue weighted by Crippen LogP contribution is 2.29. The van der Waals surface area contributed by atoms with E-state index >= 15 is 0 Å². The molecule has 2 aromatic heterocycles. The molecule has 0 atom stereocenters. The largest absolute Gasteiger partial charge is 0.343 e. The van der Waals surface area contributed by atoms with Gasteiger partial charge in [-0.15, -0.1) is 11.3 Å². The molecular weight excluding hydrogens is 406 g/mol. The number of rotatable bonds is 6. The SMILES string of the molecule is Cc1sc2ncn(CCC(=O)NC(C)(c3ccccc3)c3ccccc3)c(=O)c2c1C. The molecule has 0 radical (unpaired) electrons. The van der Waals surface area contributed by atoms with Crippen LogP contribution in [-0.4, -0.2) is 15.5 Å². The lowest BCUT2D eigenvalue weighted by molar-refractivity contribution is -0.122. The van der Waals surface area contributed by atoms with Crippen molar-refractivity contribution < 1.29 is 4.79 Å². The maximum atomic E-state index is 13.0. The van der Waals surface area contributed by atoms with E-state index in [-0.39, 0.29) is 24.4 Å². The topological polar surface area (TPSA) is 64.0 Å². The predicted octanol–water partition coefficient (Wildman–Crippen LogP) is 4.54. The average molecular weight is 432 g/mol. The third-order valence-corrected chi connectivity index (χ3v) is 6.94. The first kappa shape index (κ1) is 21.0. The Hall–Kier alpha value is -3.25. The van der Waals surface area contributed by atoms with Crippen molar-refractivity contribution in [3.63, 3.8) is 0 Å². The zero-order valence-corrected chi connectivity index (χ0v) is 18.7. The van der Waals surface area contributed by atoms with Gasteiger partial charge in [-0.25, -0.2) is 4.98 Å². The summed E-state index contributed by atoms with van der Waals surface area (Å²) in [5.41, 5.74) is 2.21. The second-order valence-electron chi connectivity index (χ2n) is 7.86. The first-order valence-corrected chi connectivity index (χ1v) is 11.1. The number of nitrogens with one attached hydrogen (secondary N) is 1. The zero-order valence-electron chi connectivity index (χ0n) is 17.9. The molecule has 0 aliphatic heterocycles. The van der Waals surface area contributed by atoms with Crippen molar-refractivity contribution in [2.45, 2.75) is 39.3 Å². The molecule has 0 spiro atoms. The molecule has 0 unspecified atom stereocenters. The molecular formula is C25H25N3O2S. The highest BCUT2D eigenvalue weighted by atomic mass is 32.1. The maximum absolute atomic E-state index is 13.0. The summed E-state index contributed by atoms with van der Waals surface area (Å²) in [4.78, 5) is 32.1. The van der Waals surface area contributed by atoms with Gasteiger partial charge in [0, 0.05) is 17.8 Å². The lowest BCUT2D eigenvalue weighted by Gasteiger charge is -2.32. The second kappa shape index (κ2) is 8.47. The summed E-state index contributed by atoms with van der Waals surface area (Å²) in [6.45, 7) is 6.22. The number of thiophene rings is 1. The fourth-order valence-electron chi connectivity index (χ4n) is 3.85. The minimum Gasteiger partial charge on any atom is -0.343 e. The van der Waals surface area contributed by atoms with Crippen LogP contribution in [0.25, 0.3) is 10.2 Å². The number of aromatic nitrogens is 2. The molecule has 0 saturated heterocycles. The van der Waals surface area contributed by atoms with Gasteiger partial charge in [-0.3, -0.25) is 14.2 Å². The Morgan fingerprint density at radius 1 is 1.03 bits per heavy atom. The lowest BCUT2D eigenvalue weighted by Crippen LogP contribution is -2.44. The van der Waals surface area contributed by atoms with Gasteiger partial charge in [0.1, 0.15) is 4.83 Å². The summed E-state index contributed by atoms with van der Waals surface area (Å²) in [6, 6.07) is 19.8. The number of fused-ring (bicyclic) bond motifs is 1. The Labute approximate surface area is 185 Å². The molecule has 0 saturated carbocycles.